The van der Waals surface area contributed by atoms with E-state index in [4.69, 9.17) is 35.0 Å². The highest BCUT2D eigenvalue weighted by molar-refractivity contribution is 5.78. The van der Waals surface area contributed by atoms with Crippen molar-refractivity contribution >= 4 is 17.8 Å². The first kappa shape index (κ1) is 30.3. The van der Waals surface area contributed by atoms with Crippen LogP contribution in [-0.4, -0.2) is 58.9 Å². The van der Waals surface area contributed by atoms with Crippen molar-refractivity contribution in [1.29, 1.82) is 0 Å². The summed E-state index contributed by atoms with van der Waals surface area (Å²) in [6, 6.07) is -0.0737. The molecule has 3 atom stereocenters. The maximum Gasteiger partial charge on any atom is 0.300 e. The molecule has 0 spiro atoms. The van der Waals surface area contributed by atoms with Crippen molar-refractivity contribution in [1.82, 2.24) is 10.3 Å². The lowest BCUT2D eigenvalue weighted by Gasteiger charge is -2.33. The average Bonchev–Trinajstić information content (AvgIpc) is 2.71. The summed E-state index contributed by atoms with van der Waals surface area (Å²) in [5, 5.41) is 17.8. The Morgan fingerprint density at radius 1 is 1.18 bits per heavy atom. The molecule has 1 aromatic rings. The van der Waals surface area contributed by atoms with Gasteiger partial charge in [0.1, 0.15) is 5.75 Å². The maximum atomic E-state index is 12.5. The van der Waals surface area contributed by atoms with Crippen LogP contribution in [0.2, 0.25) is 0 Å². The number of aryl methyl sites for hydroxylation is 1. The van der Waals surface area contributed by atoms with Gasteiger partial charge in [0.2, 0.25) is 5.91 Å². The van der Waals surface area contributed by atoms with Gasteiger partial charge in [0.25, 0.3) is 11.9 Å². The molecular weight excluding hydrogens is 430 g/mol. The molecule has 1 aromatic heterocycles. The van der Waals surface area contributed by atoms with Gasteiger partial charge in [-0.1, -0.05) is 6.92 Å². The Labute approximate surface area is 195 Å². The average molecular weight is 470 g/mol. The van der Waals surface area contributed by atoms with Gasteiger partial charge in [-0.25, -0.2) is 0 Å². The van der Waals surface area contributed by atoms with E-state index in [2.05, 4.69) is 17.2 Å². The second-order valence-corrected chi connectivity index (χ2v) is 7.89. The number of methoxy groups -OCH3 is 1. The molecular formula is C23H39N3O7. The van der Waals surface area contributed by atoms with E-state index in [0.717, 1.165) is 62.3 Å². The summed E-state index contributed by atoms with van der Waals surface area (Å²) < 4.78 is 11.2. The Kier molecular flexibility index (Phi) is 14.7. The molecule has 1 heterocycles. The molecule has 0 aromatic carbocycles. The van der Waals surface area contributed by atoms with Crippen molar-refractivity contribution in [3.05, 3.63) is 23.0 Å². The monoisotopic (exact) mass is 469 g/mol. The fourth-order valence-corrected chi connectivity index (χ4v) is 3.46. The molecule has 1 aliphatic carbocycles. The first-order valence-electron chi connectivity index (χ1n) is 11.0. The van der Waals surface area contributed by atoms with E-state index < -0.39 is 11.9 Å². The third-order valence-corrected chi connectivity index (χ3v) is 4.92. The Morgan fingerprint density at radius 3 is 2.24 bits per heavy atom. The van der Waals surface area contributed by atoms with Crippen molar-refractivity contribution in [2.24, 2.45) is 11.7 Å². The minimum absolute atomic E-state index is 0.0464. The number of rotatable bonds is 7. The zero-order chi connectivity index (χ0) is 25.6. The number of ether oxygens (including phenoxy) is 2. The van der Waals surface area contributed by atoms with Crippen molar-refractivity contribution < 1.29 is 34.1 Å². The fourth-order valence-electron chi connectivity index (χ4n) is 3.46. The smallest absolute Gasteiger partial charge is 0.300 e. The van der Waals surface area contributed by atoms with Crippen LogP contribution in [0.3, 0.4) is 0 Å². The summed E-state index contributed by atoms with van der Waals surface area (Å²) in [6.45, 7) is 9.31. The summed E-state index contributed by atoms with van der Waals surface area (Å²) in [4.78, 5) is 34.9. The first-order chi connectivity index (χ1) is 15.4. The van der Waals surface area contributed by atoms with E-state index in [0.29, 0.717) is 13.0 Å². The van der Waals surface area contributed by atoms with Crippen LogP contribution in [0.25, 0.3) is 0 Å². The number of nitrogens with two attached hydrogens (primary N) is 1. The van der Waals surface area contributed by atoms with Crippen molar-refractivity contribution in [3.63, 3.8) is 0 Å². The molecule has 0 unspecified atom stereocenters. The highest BCUT2D eigenvalue weighted by Crippen LogP contribution is 2.27. The SMILES string of the molecule is CC(=O)O.CC(=O)O.CCCO[C@@H]1CC[C@H](C(=O)NCc2ncc(C)c(OC)c2C)C[C@H]1N. The van der Waals surface area contributed by atoms with E-state index >= 15 is 0 Å². The number of aliphatic carboxylic acids is 2. The second-order valence-electron chi connectivity index (χ2n) is 7.89. The van der Waals surface area contributed by atoms with Crippen LogP contribution in [0.1, 0.15) is 63.3 Å². The maximum absolute atomic E-state index is 12.5. The Morgan fingerprint density at radius 2 is 1.76 bits per heavy atom. The molecule has 1 saturated carbocycles. The first-order valence-corrected chi connectivity index (χ1v) is 11.0. The predicted molar refractivity (Wildman–Crippen MR) is 124 cm³/mol. The molecule has 188 valence electrons. The van der Waals surface area contributed by atoms with Gasteiger partial charge in [-0.05, 0) is 39.5 Å². The minimum atomic E-state index is -0.833. The van der Waals surface area contributed by atoms with Gasteiger partial charge in [0.15, 0.2) is 0 Å². The van der Waals surface area contributed by atoms with Crippen molar-refractivity contribution in [2.45, 2.75) is 79.0 Å². The molecule has 10 nitrogen and oxygen atoms in total. The topological polar surface area (TPSA) is 161 Å². The number of hydrogen-bond acceptors (Lipinski definition) is 7. The van der Waals surface area contributed by atoms with Gasteiger partial charge in [0.05, 0.1) is 25.5 Å². The zero-order valence-electron chi connectivity index (χ0n) is 20.5. The number of carbonyl (C=O) groups is 3. The van der Waals surface area contributed by atoms with Crippen LogP contribution in [0.15, 0.2) is 6.20 Å². The number of carboxylic acid groups (broad SMARTS) is 2. The summed E-state index contributed by atoms with van der Waals surface area (Å²) in [5.41, 5.74) is 8.99. The Hall–Kier alpha value is -2.72. The molecule has 0 bridgehead atoms. The summed E-state index contributed by atoms with van der Waals surface area (Å²) in [5.74, 6) is -0.843. The van der Waals surface area contributed by atoms with Gasteiger partial charge in [0, 0.05) is 49.7 Å². The lowest BCUT2D eigenvalue weighted by atomic mass is 9.83. The number of nitrogens with one attached hydrogen (secondary N) is 1. The van der Waals surface area contributed by atoms with Crippen LogP contribution in [0, 0.1) is 19.8 Å². The lowest BCUT2D eigenvalue weighted by Crippen LogP contribution is -2.46. The predicted octanol–water partition coefficient (Wildman–Crippen LogP) is 2.43. The van der Waals surface area contributed by atoms with Gasteiger partial charge in [-0.3, -0.25) is 19.4 Å². The second kappa shape index (κ2) is 16.0. The number of carboxylic acids is 2. The van der Waals surface area contributed by atoms with E-state index in [1.807, 2.05) is 13.8 Å². The van der Waals surface area contributed by atoms with Gasteiger partial charge in [-0.2, -0.15) is 0 Å². The minimum Gasteiger partial charge on any atom is -0.496 e. The molecule has 5 N–H and O–H groups in total. The number of nitrogens with zero attached hydrogens (tertiary/aromatic N) is 1. The standard InChI is InChI=1S/C19H31N3O3.2C2H4O2/c1-5-8-25-17-7-6-14(9-15(17)20)19(23)22-11-16-13(3)18(24-4)12(2)10-21-16;2*1-2(3)4/h10,14-15,17H,5-9,11,20H2,1-4H3,(H,22,23);2*1H3,(H,3,4)/t14-,15+,17+;;/m0../s1. The molecule has 10 heteroatoms. The van der Waals surface area contributed by atoms with Crippen LogP contribution >= 0.6 is 0 Å². The quantitative estimate of drug-likeness (QED) is 0.470. The summed E-state index contributed by atoms with van der Waals surface area (Å²) in [6.07, 6.45) is 5.17. The van der Waals surface area contributed by atoms with Crippen LogP contribution in [0.4, 0.5) is 0 Å². The van der Waals surface area contributed by atoms with Crippen LogP contribution in [-0.2, 0) is 25.7 Å². The van der Waals surface area contributed by atoms with Crippen LogP contribution < -0.4 is 15.8 Å². The number of hydrogen-bond donors (Lipinski definition) is 4. The molecule has 1 aliphatic rings. The number of amides is 1. The number of pyridine rings is 1. The third kappa shape index (κ3) is 12.2. The molecule has 0 aliphatic heterocycles. The highest BCUT2D eigenvalue weighted by atomic mass is 16.5. The van der Waals surface area contributed by atoms with Crippen LogP contribution in [0.5, 0.6) is 5.75 Å². The largest absolute Gasteiger partial charge is 0.496 e. The van der Waals surface area contributed by atoms with E-state index in [9.17, 15) is 4.79 Å². The molecule has 0 saturated heterocycles. The molecule has 0 radical (unpaired) electrons. The van der Waals surface area contributed by atoms with Crippen molar-refractivity contribution in [2.75, 3.05) is 13.7 Å². The van der Waals surface area contributed by atoms with Gasteiger partial charge < -0.3 is 30.7 Å². The Bertz CT molecular complexity index is 751. The van der Waals surface area contributed by atoms with Crippen molar-refractivity contribution in [3.8, 4) is 5.75 Å². The molecule has 33 heavy (non-hydrogen) atoms. The van der Waals surface area contributed by atoms with E-state index in [1.54, 1.807) is 13.3 Å². The number of aromatic nitrogens is 1. The van der Waals surface area contributed by atoms with Gasteiger partial charge >= 0.3 is 0 Å². The third-order valence-electron chi connectivity index (χ3n) is 4.92. The molecule has 1 fully saturated rings. The normalized spacial score (nSPS) is 19.2. The van der Waals surface area contributed by atoms with E-state index in [-0.39, 0.29) is 24.0 Å². The molecule has 2 rings (SSSR count). The molecule has 1 amide bonds. The zero-order valence-corrected chi connectivity index (χ0v) is 20.5. The summed E-state index contributed by atoms with van der Waals surface area (Å²) >= 11 is 0. The van der Waals surface area contributed by atoms with Gasteiger partial charge in [-0.15, -0.1) is 0 Å². The Balaban J connectivity index is 0.00000111. The number of carbonyl (C=O) groups excluding carboxylic acids is 1. The highest BCUT2D eigenvalue weighted by Gasteiger charge is 2.32. The summed E-state index contributed by atoms with van der Waals surface area (Å²) in [7, 11) is 1.65. The van der Waals surface area contributed by atoms with E-state index in [1.165, 1.54) is 0 Å². The fraction of sp³-hybridized carbons (Fsp3) is 0.652. The lowest BCUT2D eigenvalue weighted by molar-refractivity contribution is -0.135.